The smallest absolute Gasteiger partial charge is 0.276 e. The summed E-state index contributed by atoms with van der Waals surface area (Å²) in [5.41, 5.74) is 0.595. The molecule has 1 aromatic carbocycles. The van der Waals surface area contributed by atoms with E-state index in [0.29, 0.717) is 18.7 Å². The van der Waals surface area contributed by atoms with Crippen molar-refractivity contribution in [1.29, 1.82) is 0 Å². The molecule has 24 heavy (non-hydrogen) atoms. The Bertz CT molecular complexity index is 705. The fourth-order valence-electron chi connectivity index (χ4n) is 2.41. The molecule has 7 heteroatoms. The number of carbonyl (C=O) groups is 1. The molecule has 2 rings (SSSR count). The van der Waals surface area contributed by atoms with Gasteiger partial charge in [-0.05, 0) is 19.9 Å². The average Bonchev–Trinajstić information content (AvgIpc) is 2.94. The molecule has 0 unspecified atom stereocenters. The van der Waals surface area contributed by atoms with Gasteiger partial charge in [-0.25, -0.2) is 4.39 Å². The Balaban J connectivity index is 2.33. The van der Waals surface area contributed by atoms with Crippen molar-refractivity contribution in [2.24, 2.45) is 0 Å². The van der Waals surface area contributed by atoms with Gasteiger partial charge < -0.3 is 9.64 Å². The van der Waals surface area contributed by atoms with Crippen LogP contribution in [0.5, 0.6) is 0 Å². The number of aromatic nitrogens is 2. The van der Waals surface area contributed by atoms with Crippen molar-refractivity contribution in [2.45, 2.75) is 33.0 Å². The third-order valence-electron chi connectivity index (χ3n) is 3.74. The van der Waals surface area contributed by atoms with Gasteiger partial charge in [0.05, 0.1) is 17.7 Å². The Morgan fingerprint density at radius 1 is 1.46 bits per heavy atom. The van der Waals surface area contributed by atoms with Crippen molar-refractivity contribution in [3.63, 3.8) is 0 Å². The predicted octanol–water partition coefficient (Wildman–Crippen LogP) is 3.37. The van der Waals surface area contributed by atoms with Gasteiger partial charge in [0.1, 0.15) is 5.82 Å². The Labute approximate surface area is 146 Å². The van der Waals surface area contributed by atoms with Crippen LogP contribution in [-0.4, -0.2) is 40.3 Å². The van der Waals surface area contributed by atoms with Gasteiger partial charge in [-0.3, -0.25) is 9.48 Å². The maximum atomic E-state index is 14.0. The van der Waals surface area contributed by atoms with E-state index >= 15 is 0 Å². The number of carbonyl (C=O) groups excluding carboxylic acids is 1. The molecule has 0 aliphatic rings. The van der Waals surface area contributed by atoms with E-state index in [9.17, 15) is 9.18 Å². The minimum atomic E-state index is -0.356. The summed E-state index contributed by atoms with van der Waals surface area (Å²) >= 11 is 6.14. The van der Waals surface area contributed by atoms with E-state index in [1.165, 1.54) is 11.0 Å². The van der Waals surface area contributed by atoms with Crippen LogP contribution in [0.3, 0.4) is 0 Å². The Kier molecular flexibility index (Phi) is 6.34. The maximum absolute atomic E-state index is 14.0. The van der Waals surface area contributed by atoms with Crippen LogP contribution in [-0.2, 0) is 17.8 Å². The molecule has 0 spiro atoms. The second-order valence-corrected chi connectivity index (χ2v) is 5.92. The van der Waals surface area contributed by atoms with E-state index in [-0.39, 0.29) is 35.0 Å². The highest BCUT2D eigenvalue weighted by molar-refractivity contribution is 6.33. The number of rotatable bonds is 7. The van der Waals surface area contributed by atoms with Crippen LogP contribution in [0.4, 0.5) is 4.39 Å². The molecule has 1 heterocycles. The van der Waals surface area contributed by atoms with Crippen LogP contribution < -0.4 is 0 Å². The minimum absolute atomic E-state index is 0.116. The lowest BCUT2D eigenvalue weighted by Gasteiger charge is -2.28. The van der Waals surface area contributed by atoms with Crippen molar-refractivity contribution < 1.29 is 13.9 Å². The summed E-state index contributed by atoms with van der Waals surface area (Å²) in [6, 6.07) is 6.12. The molecule has 0 bridgehead atoms. The van der Waals surface area contributed by atoms with Gasteiger partial charge in [0, 0.05) is 32.0 Å². The number of halogens is 2. The molecule has 0 N–H and O–H groups in total. The first kappa shape index (κ1) is 18.4. The highest BCUT2D eigenvalue weighted by atomic mass is 35.5. The predicted molar refractivity (Wildman–Crippen MR) is 90.5 cm³/mol. The van der Waals surface area contributed by atoms with Gasteiger partial charge >= 0.3 is 0 Å². The quantitative estimate of drug-likeness (QED) is 0.766. The normalized spacial score (nSPS) is 12.2. The molecule has 1 atom stereocenters. The number of aryl methyl sites for hydroxylation is 1. The first-order valence-electron chi connectivity index (χ1n) is 7.74. The van der Waals surface area contributed by atoms with Gasteiger partial charge in [0.25, 0.3) is 5.91 Å². The minimum Gasteiger partial charge on any atom is -0.383 e. The van der Waals surface area contributed by atoms with Crippen molar-refractivity contribution in [3.8, 4) is 0 Å². The molecule has 0 aliphatic heterocycles. The zero-order chi connectivity index (χ0) is 17.7. The van der Waals surface area contributed by atoms with Crippen LogP contribution in [0, 0.1) is 5.82 Å². The Hall–Kier alpha value is -1.92. The van der Waals surface area contributed by atoms with Gasteiger partial charge in [0.15, 0.2) is 5.69 Å². The number of methoxy groups -OCH3 is 1. The highest BCUT2D eigenvalue weighted by Gasteiger charge is 2.27. The van der Waals surface area contributed by atoms with Crippen molar-refractivity contribution in [2.75, 3.05) is 13.7 Å². The molecule has 5 nitrogen and oxygen atoms in total. The molecular weight excluding hydrogens is 333 g/mol. The van der Waals surface area contributed by atoms with Crippen molar-refractivity contribution in [3.05, 3.63) is 52.6 Å². The summed E-state index contributed by atoms with van der Waals surface area (Å²) in [6.07, 6.45) is 1.61. The molecule has 1 amide bonds. The molecule has 0 aliphatic carbocycles. The number of hydrogen-bond acceptors (Lipinski definition) is 3. The van der Waals surface area contributed by atoms with Crippen LogP contribution in [0.25, 0.3) is 0 Å². The highest BCUT2D eigenvalue weighted by Crippen LogP contribution is 2.20. The lowest BCUT2D eigenvalue weighted by molar-refractivity contribution is 0.0533. The number of hydrogen-bond donors (Lipinski definition) is 0. The molecule has 130 valence electrons. The molecule has 0 saturated carbocycles. The summed E-state index contributed by atoms with van der Waals surface area (Å²) < 4.78 is 20.7. The summed E-state index contributed by atoms with van der Waals surface area (Å²) in [5.74, 6) is -0.704. The van der Waals surface area contributed by atoms with Gasteiger partial charge in [-0.1, -0.05) is 29.8 Å². The van der Waals surface area contributed by atoms with Gasteiger partial charge in [-0.15, -0.1) is 0 Å². The second-order valence-electron chi connectivity index (χ2n) is 5.51. The Morgan fingerprint density at radius 2 is 2.17 bits per heavy atom. The third-order valence-corrected chi connectivity index (χ3v) is 4.02. The molecule has 2 aromatic rings. The van der Waals surface area contributed by atoms with Crippen LogP contribution in [0.15, 0.2) is 30.5 Å². The standard InChI is InChI=1S/C17H21ClFN3O2/c1-4-21-10-14(18)16(20-21)17(23)22(12(2)11-24-3)9-13-7-5-6-8-15(13)19/h5-8,10,12H,4,9,11H2,1-3H3/t12-/m0/s1. The zero-order valence-corrected chi connectivity index (χ0v) is 14.8. The number of amides is 1. The van der Waals surface area contributed by atoms with Gasteiger partial charge in [-0.2, -0.15) is 5.10 Å². The summed E-state index contributed by atoms with van der Waals surface area (Å²) in [7, 11) is 1.56. The average molecular weight is 354 g/mol. The van der Waals surface area contributed by atoms with Crippen molar-refractivity contribution >= 4 is 17.5 Å². The topological polar surface area (TPSA) is 47.4 Å². The van der Waals surface area contributed by atoms with Gasteiger partial charge in [0.2, 0.25) is 0 Å². The molecular formula is C17H21ClFN3O2. The fourth-order valence-corrected chi connectivity index (χ4v) is 2.64. The molecule has 0 radical (unpaired) electrons. The molecule has 0 saturated heterocycles. The fraction of sp³-hybridized carbons (Fsp3) is 0.412. The first-order chi connectivity index (χ1) is 11.5. The van der Waals surface area contributed by atoms with Crippen LogP contribution in [0.1, 0.15) is 29.9 Å². The molecule has 1 aromatic heterocycles. The maximum Gasteiger partial charge on any atom is 0.276 e. The number of ether oxygens (including phenoxy) is 1. The summed E-state index contributed by atoms with van der Waals surface area (Å²) in [6.45, 7) is 4.79. The lowest BCUT2D eigenvalue weighted by atomic mass is 10.1. The first-order valence-corrected chi connectivity index (χ1v) is 8.12. The Morgan fingerprint density at radius 3 is 2.75 bits per heavy atom. The van der Waals surface area contributed by atoms with E-state index in [1.54, 1.807) is 36.2 Å². The van der Waals surface area contributed by atoms with Crippen LogP contribution in [0.2, 0.25) is 5.02 Å². The number of nitrogens with zero attached hydrogens (tertiary/aromatic N) is 3. The van der Waals surface area contributed by atoms with E-state index in [2.05, 4.69) is 5.10 Å². The monoisotopic (exact) mass is 353 g/mol. The van der Waals surface area contributed by atoms with E-state index in [4.69, 9.17) is 16.3 Å². The molecule has 0 fully saturated rings. The van der Waals surface area contributed by atoms with E-state index in [1.807, 2.05) is 13.8 Å². The summed E-state index contributed by atoms with van der Waals surface area (Å²) in [4.78, 5) is 14.4. The van der Waals surface area contributed by atoms with Crippen LogP contribution >= 0.6 is 11.6 Å². The van der Waals surface area contributed by atoms with E-state index < -0.39 is 0 Å². The largest absolute Gasteiger partial charge is 0.383 e. The van der Waals surface area contributed by atoms with E-state index in [0.717, 1.165) is 0 Å². The second kappa shape index (κ2) is 8.26. The lowest BCUT2D eigenvalue weighted by Crippen LogP contribution is -2.41. The number of benzene rings is 1. The zero-order valence-electron chi connectivity index (χ0n) is 14.0. The third kappa shape index (κ3) is 4.13. The summed E-state index contributed by atoms with van der Waals surface area (Å²) in [5, 5.41) is 4.50. The SMILES string of the molecule is CCn1cc(Cl)c(C(=O)N(Cc2ccccc2F)[C@@H](C)COC)n1. The van der Waals surface area contributed by atoms with Crippen molar-refractivity contribution in [1.82, 2.24) is 14.7 Å².